The molecular weight excluding hydrogens is 276 g/mol. The SMILES string of the molecule is CN(C)[C@@H]1CN(C(=O)Cc2cccc(Cl)c2)C[C@H]1CO. The molecule has 0 spiro atoms. The Morgan fingerprint density at radius 2 is 2.20 bits per heavy atom. The van der Waals surface area contributed by atoms with Gasteiger partial charge in [-0.15, -0.1) is 0 Å². The quantitative estimate of drug-likeness (QED) is 0.910. The zero-order chi connectivity index (χ0) is 14.7. The van der Waals surface area contributed by atoms with Crippen LogP contribution in [-0.2, 0) is 11.2 Å². The molecule has 0 radical (unpaired) electrons. The number of carbonyl (C=O) groups excluding carboxylic acids is 1. The lowest BCUT2D eigenvalue weighted by atomic mass is 10.0. The molecule has 20 heavy (non-hydrogen) atoms. The van der Waals surface area contributed by atoms with E-state index in [-0.39, 0.29) is 24.5 Å². The predicted molar refractivity (Wildman–Crippen MR) is 79.8 cm³/mol. The summed E-state index contributed by atoms with van der Waals surface area (Å²) in [5.41, 5.74) is 0.927. The number of hydrogen-bond acceptors (Lipinski definition) is 3. The maximum absolute atomic E-state index is 12.3. The van der Waals surface area contributed by atoms with Gasteiger partial charge in [0.25, 0.3) is 0 Å². The normalized spacial score (nSPS) is 22.6. The molecule has 1 N–H and O–H groups in total. The molecular formula is C15H21ClN2O2. The minimum absolute atomic E-state index is 0.0927. The van der Waals surface area contributed by atoms with Crippen molar-refractivity contribution < 1.29 is 9.90 Å². The van der Waals surface area contributed by atoms with Crippen LogP contribution in [0, 0.1) is 5.92 Å². The van der Waals surface area contributed by atoms with E-state index in [1.54, 1.807) is 6.07 Å². The number of carbonyl (C=O) groups is 1. The highest BCUT2D eigenvalue weighted by Gasteiger charge is 2.35. The van der Waals surface area contributed by atoms with E-state index >= 15 is 0 Å². The third-order valence-electron chi connectivity index (χ3n) is 3.90. The van der Waals surface area contributed by atoms with Crippen molar-refractivity contribution in [1.82, 2.24) is 9.80 Å². The Kier molecular flexibility index (Phi) is 5.02. The lowest BCUT2D eigenvalue weighted by Crippen LogP contribution is -2.37. The summed E-state index contributed by atoms with van der Waals surface area (Å²) in [7, 11) is 3.97. The number of benzene rings is 1. The highest BCUT2D eigenvalue weighted by Crippen LogP contribution is 2.21. The fraction of sp³-hybridized carbons (Fsp3) is 0.533. The summed E-state index contributed by atoms with van der Waals surface area (Å²) in [5, 5.41) is 10.1. The fourth-order valence-electron chi connectivity index (χ4n) is 2.76. The van der Waals surface area contributed by atoms with Crippen LogP contribution in [0.5, 0.6) is 0 Å². The first-order chi connectivity index (χ1) is 9.51. The van der Waals surface area contributed by atoms with Gasteiger partial charge in [0.05, 0.1) is 6.42 Å². The van der Waals surface area contributed by atoms with Gasteiger partial charge in [-0.05, 0) is 31.8 Å². The molecule has 1 amide bonds. The van der Waals surface area contributed by atoms with Crippen molar-refractivity contribution >= 4 is 17.5 Å². The summed E-state index contributed by atoms with van der Waals surface area (Å²) in [4.78, 5) is 16.3. The highest BCUT2D eigenvalue weighted by atomic mass is 35.5. The average Bonchev–Trinajstić information content (AvgIpc) is 2.83. The molecule has 1 heterocycles. The minimum atomic E-state index is 0.0927. The average molecular weight is 297 g/mol. The van der Waals surface area contributed by atoms with E-state index in [4.69, 9.17) is 11.6 Å². The summed E-state index contributed by atoms with van der Waals surface area (Å²) in [6, 6.07) is 7.61. The number of aliphatic hydroxyl groups is 1. The third-order valence-corrected chi connectivity index (χ3v) is 4.14. The Bertz CT molecular complexity index is 479. The second kappa shape index (κ2) is 6.57. The molecule has 1 fully saturated rings. The van der Waals surface area contributed by atoms with E-state index in [9.17, 15) is 9.90 Å². The molecule has 110 valence electrons. The van der Waals surface area contributed by atoms with Crippen molar-refractivity contribution in [3.63, 3.8) is 0 Å². The van der Waals surface area contributed by atoms with Crippen LogP contribution in [0.1, 0.15) is 5.56 Å². The Morgan fingerprint density at radius 1 is 1.45 bits per heavy atom. The molecule has 1 aliphatic rings. The van der Waals surface area contributed by atoms with Gasteiger partial charge >= 0.3 is 0 Å². The first-order valence-electron chi connectivity index (χ1n) is 6.80. The van der Waals surface area contributed by atoms with E-state index in [0.29, 0.717) is 24.5 Å². The molecule has 0 aromatic heterocycles. The number of amides is 1. The van der Waals surface area contributed by atoms with Gasteiger partial charge < -0.3 is 14.9 Å². The Labute approximate surface area is 124 Å². The van der Waals surface area contributed by atoms with Gasteiger partial charge in [0.1, 0.15) is 0 Å². The molecule has 2 atom stereocenters. The number of aliphatic hydroxyl groups excluding tert-OH is 1. The summed E-state index contributed by atoms with van der Waals surface area (Å²) in [5.74, 6) is 0.225. The second-order valence-corrected chi connectivity index (χ2v) is 6.02. The molecule has 1 saturated heterocycles. The van der Waals surface area contributed by atoms with Crippen molar-refractivity contribution in [3.8, 4) is 0 Å². The van der Waals surface area contributed by atoms with E-state index in [0.717, 1.165) is 5.56 Å². The zero-order valence-corrected chi connectivity index (χ0v) is 12.7. The van der Waals surface area contributed by atoms with Crippen LogP contribution in [0.4, 0.5) is 0 Å². The summed E-state index contributed by atoms with van der Waals surface area (Å²) in [6.45, 7) is 1.42. The Hall–Kier alpha value is -1.10. The summed E-state index contributed by atoms with van der Waals surface area (Å²) in [6.07, 6.45) is 0.360. The van der Waals surface area contributed by atoms with Gasteiger partial charge in [0, 0.05) is 36.7 Å². The maximum atomic E-state index is 12.3. The molecule has 0 aliphatic carbocycles. The van der Waals surface area contributed by atoms with E-state index in [1.807, 2.05) is 37.2 Å². The van der Waals surface area contributed by atoms with Crippen molar-refractivity contribution in [3.05, 3.63) is 34.9 Å². The lowest BCUT2D eigenvalue weighted by Gasteiger charge is -2.23. The molecule has 0 bridgehead atoms. The van der Waals surface area contributed by atoms with Gasteiger partial charge in [0.2, 0.25) is 5.91 Å². The first kappa shape index (κ1) is 15.3. The smallest absolute Gasteiger partial charge is 0.227 e. The number of hydrogen-bond donors (Lipinski definition) is 1. The Morgan fingerprint density at radius 3 is 2.75 bits per heavy atom. The van der Waals surface area contributed by atoms with Crippen molar-refractivity contribution in [2.45, 2.75) is 12.5 Å². The van der Waals surface area contributed by atoms with Crippen LogP contribution in [0.15, 0.2) is 24.3 Å². The molecule has 2 rings (SSSR count). The summed E-state index contributed by atoms with van der Waals surface area (Å²) < 4.78 is 0. The number of likely N-dealkylation sites (N-methyl/N-ethyl adjacent to an activating group) is 1. The van der Waals surface area contributed by atoms with Crippen LogP contribution >= 0.6 is 11.6 Å². The maximum Gasteiger partial charge on any atom is 0.227 e. The molecule has 5 heteroatoms. The van der Waals surface area contributed by atoms with Gasteiger partial charge in [-0.1, -0.05) is 23.7 Å². The Balaban J connectivity index is 2.00. The van der Waals surface area contributed by atoms with Crippen LogP contribution in [0.3, 0.4) is 0 Å². The fourth-order valence-corrected chi connectivity index (χ4v) is 2.97. The molecule has 1 aromatic rings. The topological polar surface area (TPSA) is 43.8 Å². The van der Waals surface area contributed by atoms with Gasteiger partial charge in [-0.3, -0.25) is 4.79 Å². The monoisotopic (exact) mass is 296 g/mol. The van der Waals surface area contributed by atoms with E-state index in [2.05, 4.69) is 4.90 Å². The molecule has 4 nitrogen and oxygen atoms in total. The highest BCUT2D eigenvalue weighted by molar-refractivity contribution is 6.30. The number of rotatable bonds is 4. The van der Waals surface area contributed by atoms with Crippen LogP contribution in [0.25, 0.3) is 0 Å². The first-order valence-corrected chi connectivity index (χ1v) is 7.18. The molecule has 1 aliphatic heterocycles. The zero-order valence-electron chi connectivity index (χ0n) is 11.9. The van der Waals surface area contributed by atoms with Crippen molar-refractivity contribution in [2.24, 2.45) is 5.92 Å². The molecule has 1 aromatic carbocycles. The van der Waals surface area contributed by atoms with Gasteiger partial charge in [-0.2, -0.15) is 0 Å². The van der Waals surface area contributed by atoms with Gasteiger partial charge in [-0.25, -0.2) is 0 Å². The van der Waals surface area contributed by atoms with Crippen LogP contribution in [0.2, 0.25) is 5.02 Å². The number of nitrogens with zero attached hydrogens (tertiary/aromatic N) is 2. The van der Waals surface area contributed by atoms with Crippen molar-refractivity contribution in [1.29, 1.82) is 0 Å². The standard InChI is InChI=1S/C15H21ClN2O2/c1-17(2)14-9-18(8-12(14)10-19)15(20)7-11-4-3-5-13(16)6-11/h3-6,12,14,19H,7-10H2,1-2H3/t12-,14+/m0/s1. The van der Waals surface area contributed by atoms with E-state index < -0.39 is 0 Å². The van der Waals surface area contributed by atoms with Crippen LogP contribution in [-0.4, -0.2) is 60.6 Å². The van der Waals surface area contributed by atoms with Crippen LogP contribution < -0.4 is 0 Å². The lowest BCUT2D eigenvalue weighted by molar-refractivity contribution is -0.129. The summed E-state index contributed by atoms with van der Waals surface area (Å²) >= 11 is 5.93. The van der Waals surface area contributed by atoms with Gasteiger partial charge in [0.15, 0.2) is 0 Å². The molecule has 0 saturated carbocycles. The largest absolute Gasteiger partial charge is 0.396 e. The third kappa shape index (κ3) is 3.51. The number of likely N-dealkylation sites (tertiary alicyclic amines) is 1. The van der Waals surface area contributed by atoms with Crippen molar-refractivity contribution in [2.75, 3.05) is 33.8 Å². The minimum Gasteiger partial charge on any atom is -0.396 e. The number of halogens is 1. The second-order valence-electron chi connectivity index (χ2n) is 5.58. The predicted octanol–water partition coefficient (Wildman–Crippen LogP) is 1.26. The van der Waals surface area contributed by atoms with E-state index in [1.165, 1.54) is 0 Å². The molecule has 0 unspecified atom stereocenters.